The lowest BCUT2D eigenvalue weighted by Gasteiger charge is -2.44. The Balaban J connectivity index is 2.23. The molecule has 4 heteroatoms. The number of hydrogen-bond acceptors (Lipinski definition) is 3. The number of rotatable bonds is 4. The smallest absolute Gasteiger partial charge is 0.0639 e. The van der Waals surface area contributed by atoms with Gasteiger partial charge in [-0.3, -0.25) is 16.2 Å². The van der Waals surface area contributed by atoms with Crippen molar-refractivity contribution in [2.45, 2.75) is 51.1 Å². The molecule has 3 N–H and O–H groups in total. The lowest BCUT2D eigenvalue weighted by molar-refractivity contribution is 0.0834. The molecule has 112 valence electrons. The normalized spacial score (nSPS) is 19.6. The molecule has 0 spiro atoms. The molecule has 0 amide bonds. The van der Waals surface area contributed by atoms with Crippen molar-refractivity contribution < 1.29 is 0 Å². The first-order chi connectivity index (χ1) is 9.55. The second kappa shape index (κ2) is 6.90. The Bertz CT molecular complexity index is 425. The summed E-state index contributed by atoms with van der Waals surface area (Å²) in [6.45, 7) is 6.82. The molecule has 1 atom stereocenters. The van der Waals surface area contributed by atoms with Crippen LogP contribution in [0.1, 0.15) is 51.1 Å². The second-order valence-corrected chi connectivity index (χ2v) is 6.65. The van der Waals surface area contributed by atoms with Crippen molar-refractivity contribution in [3.63, 3.8) is 0 Å². The van der Waals surface area contributed by atoms with Gasteiger partial charge in [0.05, 0.1) is 6.04 Å². The predicted molar refractivity (Wildman–Crippen MR) is 85.6 cm³/mol. The average molecular weight is 296 g/mol. The van der Waals surface area contributed by atoms with Gasteiger partial charge in [0.25, 0.3) is 0 Å². The Morgan fingerprint density at radius 3 is 2.40 bits per heavy atom. The van der Waals surface area contributed by atoms with E-state index in [9.17, 15) is 0 Å². The summed E-state index contributed by atoms with van der Waals surface area (Å²) in [4.78, 5) is 2.56. The molecule has 0 aromatic heterocycles. The first-order valence-corrected chi connectivity index (χ1v) is 7.90. The molecule has 0 radical (unpaired) electrons. The molecule has 0 bridgehead atoms. The van der Waals surface area contributed by atoms with Gasteiger partial charge >= 0.3 is 0 Å². The zero-order valence-corrected chi connectivity index (χ0v) is 13.3. The van der Waals surface area contributed by atoms with Gasteiger partial charge in [-0.05, 0) is 57.5 Å². The van der Waals surface area contributed by atoms with Gasteiger partial charge in [-0.15, -0.1) is 0 Å². The fraction of sp³-hybridized carbons (Fsp3) is 0.625. The van der Waals surface area contributed by atoms with E-state index >= 15 is 0 Å². The van der Waals surface area contributed by atoms with Crippen LogP contribution in [-0.2, 0) is 0 Å². The maximum Gasteiger partial charge on any atom is 0.0639 e. The van der Waals surface area contributed by atoms with Crippen LogP contribution >= 0.6 is 11.6 Å². The number of hydrogen-bond donors (Lipinski definition) is 2. The highest BCUT2D eigenvalue weighted by molar-refractivity contribution is 6.30. The largest absolute Gasteiger partial charge is 0.296 e. The molecule has 1 unspecified atom stereocenters. The van der Waals surface area contributed by atoms with Gasteiger partial charge in [0, 0.05) is 10.6 Å². The van der Waals surface area contributed by atoms with E-state index in [1.165, 1.54) is 25.7 Å². The Kier molecular flexibility index (Phi) is 5.44. The van der Waals surface area contributed by atoms with Crippen LogP contribution in [0, 0.1) is 0 Å². The highest BCUT2D eigenvalue weighted by atomic mass is 35.5. The van der Waals surface area contributed by atoms with Crippen molar-refractivity contribution in [3.05, 3.63) is 34.9 Å². The van der Waals surface area contributed by atoms with Crippen LogP contribution in [0.25, 0.3) is 0 Å². The van der Waals surface area contributed by atoms with E-state index in [0.717, 1.165) is 23.7 Å². The zero-order chi connectivity index (χ0) is 14.6. The minimum absolute atomic E-state index is 0.0379. The average Bonchev–Trinajstić information content (AvgIpc) is 2.68. The highest BCUT2D eigenvalue weighted by Gasteiger charge is 2.36. The molecule has 2 rings (SSSR count). The number of likely N-dealkylation sites (tertiary alicyclic amines) is 1. The van der Waals surface area contributed by atoms with Crippen molar-refractivity contribution in [3.8, 4) is 0 Å². The van der Waals surface area contributed by atoms with Crippen LogP contribution in [-0.4, -0.2) is 23.5 Å². The Morgan fingerprint density at radius 2 is 1.85 bits per heavy atom. The molecular formula is C16H26ClN3. The second-order valence-electron chi connectivity index (χ2n) is 6.21. The van der Waals surface area contributed by atoms with E-state index in [1.807, 2.05) is 18.2 Å². The van der Waals surface area contributed by atoms with Gasteiger partial charge in [0.15, 0.2) is 0 Å². The summed E-state index contributed by atoms with van der Waals surface area (Å²) in [5, 5.41) is 0.759. The molecule has 0 saturated carbocycles. The van der Waals surface area contributed by atoms with Gasteiger partial charge in [-0.2, -0.15) is 0 Å². The fourth-order valence-electron chi connectivity index (χ4n) is 3.22. The summed E-state index contributed by atoms with van der Waals surface area (Å²) < 4.78 is 0. The molecule has 1 heterocycles. The third-order valence-electron chi connectivity index (χ3n) is 4.48. The van der Waals surface area contributed by atoms with Gasteiger partial charge in [0.2, 0.25) is 0 Å². The first-order valence-electron chi connectivity index (χ1n) is 7.52. The van der Waals surface area contributed by atoms with Crippen molar-refractivity contribution in [1.82, 2.24) is 10.3 Å². The predicted octanol–water partition coefficient (Wildman–Crippen LogP) is 3.50. The number of hydrazine groups is 1. The summed E-state index contributed by atoms with van der Waals surface area (Å²) in [6.07, 6.45) is 5.22. The minimum Gasteiger partial charge on any atom is -0.296 e. The number of nitrogens with one attached hydrogen (secondary N) is 1. The number of halogens is 1. The molecule has 1 fully saturated rings. The third-order valence-corrected chi connectivity index (χ3v) is 4.71. The molecule has 1 aliphatic rings. The van der Waals surface area contributed by atoms with E-state index < -0.39 is 0 Å². The fourth-order valence-corrected chi connectivity index (χ4v) is 3.42. The Labute approximate surface area is 127 Å². The van der Waals surface area contributed by atoms with Crippen LogP contribution in [0.15, 0.2) is 24.3 Å². The van der Waals surface area contributed by atoms with E-state index in [1.54, 1.807) is 0 Å². The number of nitrogens with zero attached hydrogens (tertiary/aromatic N) is 1. The lowest BCUT2D eigenvalue weighted by atomic mass is 9.87. The third kappa shape index (κ3) is 3.53. The van der Waals surface area contributed by atoms with Gasteiger partial charge in [-0.25, -0.2) is 0 Å². The minimum atomic E-state index is -0.0379. The van der Waals surface area contributed by atoms with E-state index in [2.05, 4.69) is 30.2 Å². The molecule has 1 aromatic rings. The molecule has 1 aromatic carbocycles. The van der Waals surface area contributed by atoms with E-state index in [0.29, 0.717) is 0 Å². The van der Waals surface area contributed by atoms with Crippen LogP contribution in [0.2, 0.25) is 5.02 Å². The maximum atomic E-state index is 6.13. The van der Waals surface area contributed by atoms with Crippen LogP contribution in [0.5, 0.6) is 0 Å². The Hall–Kier alpha value is -0.610. The summed E-state index contributed by atoms with van der Waals surface area (Å²) in [6, 6.07) is 8.05. The monoisotopic (exact) mass is 295 g/mol. The topological polar surface area (TPSA) is 41.3 Å². The van der Waals surface area contributed by atoms with Gasteiger partial charge < -0.3 is 0 Å². The quantitative estimate of drug-likeness (QED) is 0.660. The standard InChI is InChI=1S/C16H26ClN3/c1-16(2,20-10-5-3-4-6-11-20)15(19-18)13-8-7-9-14(17)12-13/h7-9,12,15,19H,3-6,10-11,18H2,1-2H3. The molecule has 3 nitrogen and oxygen atoms in total. The molecular weight excluding hydrogens is 270 g/mol. The summed E-state index contributed by atoms with van der Waals surface area (Å²) >= 11 is 6.13. The lowest BCUT2D eigenvalue weighted by Crippen LogP contribution is -2.54. The molecule has 20 heavy (non-hydrogen) atoms. The SMILES string of the molecule is CC(C)(C(NN)c1cccc(Cl)c1)N1CCCCCC1. The van der Waals surface area contributed by atoms with Crippen LogP contribution in [0.4, 0.5) is 0 Å². The van der Waals surface area contributed by atoms with Crippen molar-refractivity contribution >= 4 is 11.6 Å². The van der Waals surface area contributed by atoms with Crippen molar-refractivity contribution in [1.29, 1.82) is 0 Å². The van der Waals surface area contributed by atoms with E-state index in [4.69, 9.17) is 17.4 Å². The number of nitrogens with two attached hydrogens (primary N) is 1. The van der Waals surface area contributed by atoms with Crippen molar-refractivity contribution in [2.75, 3.05) is 13.1 Å². The summed E-state index contributed by atoms with van der Waals surface area (Å²) in [5.41, 5.74) is 4.11. The molecule has 1 saturated heterocycles. The molecule has 0 aliphatic carbocycles. The van der Waals surface area contributed by atoms with Gasteiger partial charge in [0.1, 0.15) is 0 Å². The van der Waals surface area contributed by atoms with Gasteiger partial charge in [-0.1, -0.05) is 36.6 Å². The molecule has 1 aliphatic heterocycles. The number of benzene rings is 1. The van der Waals surface area contributed by atoms with Crippen molar-refractivity contribution in [2.24, 2.45) is 5.84 Å². The summed E-state index contributed by atoms with van der Waals surface area (Å²) in [7, 11) is 0. The first kappa shape index (κ1) is 15.8. The summed E-state index contributed by atoms with van der Waals surface area (Å²) in [5.74, 6) is 5.87. The van der Waals surface area contributed by atoms with E-state index in [-0.39, 0.29) is 11.6 Å². The van der Waals surface area contributed by atoms with Crippen LogP contribution in [0.3, 0.4) is 0 Å². The zero-order valence-electron chi connectivity index (χ0n) is 12.5. The Morgan fingerprint density at radius 1 is 1.20 bits per heavy atom. The maximum absolute atomic E-state index is 6.13. The highest BCUT2D eigenvalue weighted by Crippen LogP contribution is 2.33. The van der Waals surface area contributed by atoms with Crippen LogP contribution < -0.4 is 11.3 Å².